The van der Waals surface area contributed by atoms with Gasteiger partial charge in [-0.1, -0.05) is 19.9 Å². The summed E-state index contributed by atoms with van der Waals surface area (Å²) in [7, 11) is 1.43. The molecule has 1 N–H and O–H groups in total. The van der Waals surface area contributed by atoms with Gasteiger partial charge in [0.15, 0.2) is 11.2 Å². The molecule has 0 aromatic carbocycles. The van der Waals surface area contributed by atoms with Crippen molar-refractivity contribution in [3.05, 3.63) is 50.9 Å². The monoisotopic (exact) mass is 398 g/mol. The first-order chi connectivity index (χ1) is 14.0. The molecule has 3 aromatic heterocycles. The molecule has 3 rings (SSSR count). The van der Waals surface area contributed by atoms with Gasteiger partial charge in [0.2, 0.25) is 5.95 Å². The van der Waals surface area contributed by atoms with Gasteiger partial charge >= 0.3 is 5.69 Å². The van der Waals surface area contributed by atoms with Crippen molar-refractivity contribution in [1.29, 1.82) is 0 Å². The van der Waals surface area contributed by atoms with Gasteiger partial charge in [-0.2, -0.15) is 0 Å². The third-order valence-corrected chi connectivity index (χ3v) is 4.84. The van der Waals surface area contributed by atoms with Crippen LogP contribution in [-0.2, 0) is 13.6 Å². The van der Waals surface area contributed by atoms with Crippen molar-refractivity contribution in [2.75, 3.05) is 31.5 Å². The first kappa shape index (κ1) is 20.6. The number of nitrogens with one attached hydrogen (secondary N) is 1. The molecule has 0 saturated carbocycles. The molecule has 0 unspecified atom stereocenters. The lowest BCUT2D eigenvalue weighted by Gasteiger charge is -2.17. The minimum absolute atomic E-state index is 0.109. The Kier molecular flexibility index (Phi) is 6.65. The van der Waals surface area contributed by atoms with Gasteiger partial charge in [0.25, 0.3) is 5.56 Å². The Labute approximate surface area is 168 Å². The van der Waals surface area contributed by atoms with Crippen molar-refractivity contribution in [2.24, 2.45) is 7.05 Å². The molecule has 0 amide bonds. The summed E-state index contributed by atoms with van der Waals surface area (Å²) in [5.74, 6) is 0.278. The van der Waals surface area contributed by atoms with E-state index in [4.69, 9.17) is 0 Å². The van der Waals surface area contributed by atoms with Crippen LogP contribution < -0.4 is 16.6 Å². The van der Waals surface area contributed by atoms with E-state index in [0.717, 1.165) is 36.2 Å². The second kappa shape index (κ2) is 9.37. The number of aromatic nitrogens is 6. The van der Waals surface area contributed by atoms with Crippen LogP contribution >= 0.6 is 0 Å². The summed E-state index contributed by atoms with van der Waals surface area (Å²) in [5.41, 5.74) is 0.124. The van der Waals surface area contributed by atoms with Crippen molar-refractivity contribution < 1.29 is 0 Å². The normalized spacial score (nSPS) is 11.3. The molecular formula is C19H26N8O2. The fraction of sp³-hybridized carbons (Fsp3) is 0.474. The number of pyridine rings is 1. The molecule has 0 aliphatic carbocycles. The highest BCUT2D eigenvalue weighted by molar-refractivity contribution is 5.69. The molecule has 29 heavy (non-hydrogen) atoms. The number of nitrogens with zero attached hydrogens (tertiary/aromatic N) is 7. The van der Waals surface area contributed by atoms with Gasteiger partial charge in [-0.15, -0.1) is 10.2 Å². The summed E-state index contributed by atoms with van der Waals surface area (Å²) in [6, 6.07) is 3.64. The summed E-state index contributed by atoms with van der Waals surface area (Å²) in [6.45, 7) is 8.14. The number of rotatable bonds is 9. The van der Waals surface area contributed by atoms with Gasteiger partial charge in [-0.3, -0.25) is 18.9 Å². The van der Waals surface area contributed by atoms with E-state index in [2.05, 4.69) is 44.2 Å². The van der Waals surface area contributed by atoms with Crippen molar-refractivity contribution in [3.63, 3.8) is 0 Å². The van der Waals surface area contributed by atoms with Crippen LogP contribution in [0.15, 0.2) is 34.1 Å². The van der Waals surface area contributed by atoms with Crippen LogP contribution in [0.3, 0.4) is 0 Å². The number of hydrogen-bond acceptors (Lipinski definition) is 8. The quantitative estimate of drug-likeness (QED) is 0.518. The largest absolute Gasteiger partial charge is 0.353 e. The molecule has 0 spiro atoms. The first-order valence-corrected chi connectivity index (χ1v) is 9.74. The third kappa shape index (κ3) is 4.65. The lowest BCUT2D eigenvalue weighted by Crippen LogP contribution is -2.39. The van der Waals surface area contributed by atoms with Gasteiger partial charge in [-0.25, -0.2) is 9.78 Å². The fourth-order valence-electron chi connectivity index (χ4n) is 3.10. The smallest absolute Gasteiger partial charge is 0.332 e. The van der Waals surface area contributed by atoms with Crippen LogP contribution in [0.5, 0.6) is 0 Å². The van der Waals surface area contributed by atoms with Crippen LogP contribution in [0.25, 0.3) is 11.2 Å². The van der Waals surface area contributed by atoms with E-state index >= 15 is 0 Å². The van der Waals surface area contributed by atoms with Crippen LogP contribution in [0, 0.1) is 0 Å². The summed E-state index contributed by atoms with van der Waals surface area (Å²) < 4.78 is 2.43. The predicted octanol–water partition coefficient (Wildman–Crippen LogP) is 0.472. The molecule has 0 aliphatic heterocycles. The zero-order chi connectivity index (χ0) is 20.8. The topological polar surface area (TPSA) is 111 Å². The molecule has 0 saturated heterocycles. The molecule has 0 bridgehead atoms. The Balaban J connectivity index is 1.86. The maximum absolute atomic E-state index is 12.6. The first-order valence-electron chi connectivity index (χ1n) is 9.74. The minimum Gasteiger partial charge on any atom is -0.353 e. The third-order valence-electron chi connectivity index (χ3n) is 4.84. The molecule has 10 nitrogen and oxygen atoms in total. The van der Waals surface area contributed by atoms with Gasteiger partial charge in [0.05, 0.1) is 6.54 Å². The molecular weight excluding hydrogens is 372 g/mol. The highest BCUT2D eigenvalue weighted by Crippen LogP contribution is 2.07. The standard InChI is InChI=1S/C19H26N8O2/c1-4-26(5-2)11-7-10-21-18-22-15-16(23-24-18)27(19(29)25(3)17(15)28)13-14-8-6-9-20-12-14/h6,8-9,12H,4-5,7,10-11,13H2,1-3H3,(H,21,22,24). The van der Waals surface area contributed by atoms with Crippen molar-refractivity contribution in [3.8, 4) is 0 Å². The van der Waals surface area contributed by atoms with Crippen LogP contribution in [-0.4, -0.2) is 60.4 Å². The van der Waals surface area contributed by atoms with Gasteiger partial charge in [0.1, 0.15) is 0 Å². The maximum atomic E-state index is 12.6. The van der Waals surface area contributed by atoms with Crippen molar-refractivity contribution >= 4 is 17.1 Å². The number of fused-ring (bicyclic) bond motifs is 1. The SMILES string of the molecule is CCN(CC)CCCNc1nnc2c(n1)c(=O)n(C)c(=O)n2Cc1cccnc1. The van der Waals surface area contributed by atoms with Gasteiger partial charge < -0.3 is 10.2 Å². The van der Waals surface area contributed by atoms with Crippen LogP contribution in [0.2, 0.25) is 0 Å². The molecule has 3 aromatic rings. The molecule has 154 valence electrons. The van der Waals surface area contributed by atoms with Gasteiger partial charge in [0, 0.05) is 26.0 Å². The van der Waals surface area contributed by atoms with Gasteiger partial charge in [-0.05, 0) is 37.7 Å². The van der Waals surface area contributed by atoms with Crippen LogP contribution in [0.4, 0.5) is 5.95 Å². The summed E-state index contributed by atoms with van der Waals surface area (Å²) >= 11 is 0. The van der Waals surface area contributed by atoms with Crippen molar-refractivity contribution in [2.45, 2.75) is 26.8 Å². The summed E-state index contributed by atoms with van der Waals surface area (Å²) in [6.07, 6.45) is 4.24. The molecule has 0 aliphatic rings. The lowest BCUT2D eigenvalue weighted by atomic mass is 10.3. The molecule has 0 fully saturated rings. The van der Waals surface area contributed by atoms with E-state index in [0.29, 0.717) is 6.54 Å². The maximum Gasteiger partial charge on any atom is 0.332 e. The van der Waals surface area contributed by atoms with Crippen molar-refractivity contribution in [1.82, 2.24) is 34.2 Å². The molecule has 3 heterocycles. The van der Waals surface area contributed by atoms with E-state index < -0.39 is 11.2 Å². The Morgan fingerprint density at radius 2 is 1.97 bits per heavy atom. The summed E-state index contributed by atoms with van der Waals surface area (Å²) in [5, 5.41) is 11.3. The highest BCUT2D eigenvalue weighted by Gasteiger charge is 2.15. The Morgan fingerprint density at radius 1 is 1.17 bits per heavy atom. The highest BCUT2D eigenvalue weighted by atomic mass is 16.2. The predicted molar refractivity (Wildman–Crippen MR) is 111 cm³/mol. The van der Waals surface area contributed by atoms with E-state index in [9.17, 15) is 9.59 Å². The Morgan fingerprint density at radius 3 is 2.66 bits per heavy atom. The lowest BCUT2D eigenvalue weighted by molar-refractivity contribution is 0.303. The van der Waals surface area contributed by atoms with E-state index in [-0.39, 0.29) is 23.7 Å². The Hall–Kier alpha value is -3.14. The zero-order valence-electron chi connectivity index (χ0n) is 17.0. The number of hydrogen-bond donors (Lipinski definition) is 1. The average Bonchev–Trinajstić information content (AvgIpc) is 2.76. The zero-order valence-corrected chi connectivity index (χ0v) is 17.0. The van der Waals surface area contributed by atoms with E-state index in [1.807, 2.05) is 6.07 Å². The van der Waals surface area contributed by atoms with E-state index in [1.165, 1.54) is 11.6 Å². The number of anilines is 1. The second-order valence-corrected chi connectivity index (χ2v) is 6.71. The molecule has 10 heteroatoms. The summed E-state index contributed by atoms with van der Waals surface area (Å²) in [4.78, 5) is 35.9. The Bertz CT molecular complexity index is 1070. The van der Waals surface area contributed by atoms with E-state index in [1.54, 1.807) is 18.5 Å². The molecule has 0 atom stereocenters. The van der Waals surface area contributed by atoms with Crippen LogP contribution in [0.1, 0.15) is 25.8 Å². The fourth-order valence-corrected chi connectivity index (χ4v) is 3.10. The minimum atomic E-state index is -0.492. The average molecular weight is 398 g/mol. The second-order valence-electron chi connectivity index (χ2n) is 6.71. The molecule has 0 radical (unpaired) electrons.